The number of alkyl halides is 3. The fourth-order valence-electron chi connectivity index (χ4n) is 2.41. The first kappa shape index (κ1) is 19.4. The van der Waals surface area contributed by atoms with Gasteiger partial charge in [-0.05, 0) is 43.2 Å². The standard InChI is InChI=1S/C16H16F3N3O4S/c17-16(18,19)26-12-3-5-13(6-4-12)27(24,25)20-9-10-22-15(23)8-7-14(21-22)11-1-2-11/h3-8,11,20H,1-2,9-10H2. The van der Waals surface area contributed by atoms with E-state index in [9.17, 15) is 26.4 Å². The van der Waals surface area contributed by atoms with Gasteiger partial charge in [0.1, 0.15) is 5.75 Å². The van der Waals surface area contributed by atoms with Crippen molar-refractivity contribution in [2.45, 2.75) is 36.6 Å². The van der Waals surface area contributed by atoms with Crippen LogP contribution in [0, 0.1) is 0 Å². The Labute approximate surface area is 152 Å². The molecule has 0 atom stereocenters. The van der Waals surface area contributed by atoms with Gasteiger partial charge in [-0.15, -0.1) is 13.2 Å². The zero-order valence-electron chi connectivity index (χ0n) is 13.9. The second-order valence-corrected chi connectivity index (χ2v) is 7.78. The Hall–Kier alpha value is -2.40. The first-order valence-electron chi connectivity index (χ1n) is 8.08. The minimum absolute atomic E-state index is 0.0356. The number of nitrogens with one attached hydrogen (secondary N) is 1. The average molecular weight is 403 g/mol. The van der Waals surface area contributed by atoms with E-state index in [-0.39, 0.29) is 23.5 Å². The minimum Gasteiger partial charge on any atom is -0.406 e. The Balaban J connectivity index is 1.62. The van der Waals surface area contributed by atoms with Crippen LogP contribution in [0.2, 0.25) is 0 Å². The number of aromatic nitrogens is 2. The van der Waals surface area contributed by atoms with E-state index in [1.165, 1.54) is 10.7 Å². The molecule has 3 rings (SSSR count). The lowest BCUT2D eigenvalue weighted by Crippen LogP contribution is -2.32. The molecule has 0 unspecified atom stereocenters. The second kappa shape index (κ2) is 7.31. The zero-order valence-corrected chi connectivity index (χ0v) is 14.8. The maximum Gasteiger partial charge on any atom is 0.573 e. The molecule has 0 amide bonds. The van der Waals surface area contributed by atoms with E-state index in [0.29, 0.717) is 5.92 Å². The van der Waals surface area contributed by atoms with Crippen molar-refractivity contribution < 1.29 is 26.3 Å². The summed E-state index contributed by atoms with van der Waals surface area (Å²) in [7, 11) is -3.95. The third-order valence-electron chi connectivity index (χ3n) is 3.87. The van der Waals surface area contributed by atoms with Gasteiger partial charge in [-0.25, -0.2) is 17.8 Å². The van der Waals surface area contributed by atoms with Gasteiger partial charge in [-0.1, -0.05) is 0 Å². The van der Waals surface area contributed by atoms with Gasteiger partial charge < -0.3 is 4.74 Å². The van der Waals surface area contributed by atoms with Crippen LogP contribution < -0.4 is 15.0 Å². The monoisotopic (exact) mass is 403 g/mol. The van der Waals surface area contributed by atoms with Gasteiger partial charge in [0, 0.05) is 18.5 Å². The summed E-state index contributed by atoms with van der Waals surface area (Å²) in [5.74, 6) is -0.167. The lowest BCUT2D eigenvalue weighted by atomic mass is 10.3. The van der Waals surface area contributed by atoms with E-state index in [1.807, 2.05) is 0 Å². The maximum atomic E-state index is 12.2. The van der Waals surface area contributed by atoms with Crippen LogP contribution in [0.4, 0.5) is 13.2 Å². The predicted octanol–water partition coefficient (Wildman–Crippen LogP) is 2.00. The van der Waals surface area contributed by atoms with Gasteiger partial charge in [-0.3, -0.25) is 4.79 Å². The van der Waals surface area contributed by atoms with Gasteiger partial charge in [0.25, 0.3) is 5.56 Å². The van der Waals surface area contributed by atoms with Crippen molar-refractivity contribution in [2.75, 3.05) is 6.54 Å². The maximum absolute atomic E-state index is 12.2. The molecule has 146 valence electrons. The van der Waals surface area contributed by atoms with Crippen molar-refractivity contribution in [2.24, 2.45) is 0 Å². The largest absolute Gasteiger partial charge is 0.573 e. The van der Waals surface area contributed by atoms with Gasteiger partial charge in [0.05, 0.1) is 17.1 Å². The molecule has 7 nitrogen and oxygen atoms in total. The van der Waals surface area contributed by atoms with Crippen LogP contribution in [-0.2, 0) is 16.6 Å². The molecular weight excluding hydrogens is 387 g/mol. The van der Waals surface area contributed by atoms with E-state index >= 15 is 0 Å². The van der Waals surface area contributed by atoms with Crippen molar-refractivity contribution in [3.63, 3.8) is 0 Å². The Bertz CT molecular complexity index is 968. The number of hydrogen-bond donors (Lipinski definition) is 1. The third kappa shape index (κ3) is 5.30. The highest BCUT2D eigenvalue weighted by Gasteiger charge is 2.31. The molecule has 1 aromatic heterocycles. The molecule has 27 heavy (non-hydrogen) atoms. The number of hydrogen-bond acceptors (Lipinski definition) is 5. The molecule has 1 aliphatic rings. The summed E-state index contributed by atoms with van der Waals surface area (Å²) in [6, 6.07) is 6.89. The normalized spacial score (nSPS) is 14.9. The van der Waals surface area contributed by atoms with E-state index in [2.05, 4.69) is 14.6 Å². The molecule has 1 fully saturated rings. The molecule has 0 spiro atoms. The fraction of sp³-hybridized carbons (Fsp3) is 0.375. The molecule has 2 aromatic rings. The van der Waals surface area contributed by atoms with Crippen LogP contribution in [0.5, 0.6) is 5.75 Å². The third-order valence-corrected chi connectivity index (χ3v) is 5.34. The number of ether oxygens (including phenoxy) is 1. The molecule has 1 heterocycles. The van der Waals surface area contributed by atoms with Crippen LogP contribution in [-0.4, -0.2) is 31.1 Å². The van der Waals surface area contributed by atoms with Crippen LogP contribution in [0.3, 0.4) is 0 Å². The SMILES string of the molecule is O=c1ccc(C2CC2)nn1CCNS(=O)(=O)c1ccc(OC(F)(F)F)cc1. The first-order chi connectivity index (χ1) is 12.6. The van der Waals surface area contributed by atoms with E-state index in [0.717, 1.165) is 42.8 Å². The van der Waals surface area contributed by atoms with Gasteiger partial charge >= 0.3 is 6.36 Å². The van der Waals surface area contributed by atoms with Gasteiger partial charge in [0.2, 0.25) is 10.0 Å². The molecule has 0 radical (unpaired) electrons. The van der Waals surface area contributed by atoms with Crippen molar-refractivity contribution in [3.05, 3.63) is 52.4 Å². The number of halogens is 3. The fourth-order valence-corrected chi connectivity index (χ4v) is 3.43. The Morgan fingerprint density at radius 2 is 1.81 bits per heavy atom. The second-order valence-electron chi connectivity index (χ2n) is 6.01. The molecule has 1 aromatic carbocycles. The van der Waals surface area contributed by atoms with Crippen molar-refractivity contribution in [1.82, 2.24) is 14.5 Å². The van der Waals surface area contributed by atoms with Crippen molar-refractivity contribution >= 4 is 10.0 Å². The molecule has 0 saturated heterocycles. The molecular formula is C16H16F3N3O4S. The summed E-state index contributed by atoms with van der Waals surface area (Å²) < 4.78 is 68.0. The lowest BCUT2D eigenvalue weighted by molar-refractivity contribution is -0.274. The highest BCUT2D eigenvalue weighted by Crippen LogP contribution is 2.38. The number of nitrogens with zero attached hydrogens (tertiary/aromatic N) is 2. The minimum atomic E-state index is -4.85. The molecule has 0 bridgehead atoms. The van der Waals surface area contributed by atoms with Crippen LogP contribution >= 0.6 is 0 Å². The summed E-state index contributed by atoms with van der Waals surface area (Å²) in [4.78, 5) is 11.6. The summed E-state index contributed by atoms with van der Waals surface area (Å²) in [5.41, 5.74) is 0.463. The topological polar surface area (TPSA) is 90.3 Å². The Kier molecular flexibility index (Phi) is 5.24. The highest BCUT2D eigenvalue weighted by atomic mass is 32.2. The number of rotatable bonds is 7. The van der Waals surface area contributed by atoms with Crippen LogP contribution in [0.25, 0.3) is 0 Å². The quantitative estimate of drug-likeness (QED) is 0.764. The molecule has 1 aliphatic carbocycles. The Morgan fingerprint density at radius 3 is 2.41 bits per heavy atom. The highest BCUT2D eigenvalue weighted by molar-refractivity contribution is 7.89. The molecule has 0 aliphatic heterocycles. The zero-order chi connectivity index (χ0) is 19.7. The molecule has 1 N–H and O–H groups in total. The van der Waals surface area contributed by atoms with Crippen molar-refractivity contribution in [3.8, 4) is 5.75 Å². The first-order valence-corrected chi connectivity index (χ1v) is 9.56. The van der Waals surface area contributed by atoms with Crippen LogP contribution in [0.15, 0.2) is 46.1 Å². The Morgan fingerprint density at radius 1 is 1.15 bits per heavy atom. The average Bonchev–Trinajstić information content (AvgIpc) is 3.40. The van der Waals surface area contributed by atoms with Gasteiger partial charge in [-0.2, -0.15) is 5.10 Å². The smallest absolute Gasteiger partial charge is 0.406 e. The van der Waals surface area contributed by atoms with Crippen LogP contribution in [0.1, 0.15) is 24.5 Å². The molecule has 11 heteroatoms. The summed E-state index contributed by atoms with van der Waals surface area (Å²) in [6.45, 7) is -0.0575. The predicted molar refractivity (Wildman–Crippen MR) is 88.8 cm³/mol. The summed E-state index contributed by atoms with van der Waals surface area (Å²) in [5, 5.41) is 4.22. The lowest BCUT2D eigenvalue weighted by Gasteiger charge is -2.11. The summed E-state index contributed by atoms with van der Waals surface area (Å²) in [6.07, 6.45) is -2.81. The van der Waals surface area contributed by atoms with Crippen molar-refractivity contribution in [1.29, 1.82) is 0 Å². The van der Waals surface area contributed by atoms with E-state index < -0.39 is 22.1 Å². The van der Waals surface area contributed by atoms with Gasteiger partial charge in [0.15, 0.2) is 0 Å². The summed E-state index contributed by atoms with van der Waals surface area (Å²) >= 11 is 0. The van der Waals surface area contributed by atoms with E-state index in [4.69, 9.17) is 0 Å². The number of sulfonamides is 1. The van der Waals surface area contributed by atoms with E-state index in [1.54, 1.807) is 6.07 Å². The molecule has 1 saturated carbocycles. The number of benzene rings is 1.